The maximum Gasteiger partial charge on any atom is 0.135 e. The van der Waals surface area contributed by atoms with E-state index in [0.29, 0.717) is 6.04 Å². The molecule has 1 saturated carbocycles. The monoisotopic (exact) mass is 295 g/mol. The molecular formula is C13H18BrN3. The molecule has 92 valence electrons. The van der Waals surface area contributed by atoms with Crippen LogP contribution in [0.4, 0.5) is 5.82 Å². The highest BCUT2D eigenvalue weighted by molar-refractivity contribution is 9.09. The second kappa shape index (κ2) is 4.92. The van der Waals surface area contributed by atoms with E-state index in [-0.39, 0.29) is 0 Å². The van der Waals surface area contributed by atoms with E-state index in [2.05, 4.69) is 30.8 Å². The van der Waals surface area contributed by atoms with E-state index in [1.54, 1.807) is 6.33 Å². The molecule has 0 N–H and O–H groups in total. The van der Waals surface area contributed by atoms with Gasteiger partial charge in [-0.3, -0.25) is 0 Å². The Hall–Kier alpha value is -0.640. The Morgan fingerprint density at radius 1 is 1.24 bits per heavy atom. The van der Waals surface area contributed by atoms with Gasteiger partial charge in [0.1, 0.15) is 12.1 Å². The Bertz CT molecular complexity index is 404. The standard InChI is InChI=1S/C13H18BrN3/c14-7-8-17(10-3-1-4-10)13-11-5-2-6-12(11)15-9-16-13/h9-10H,1-8H2. The molecule has 0 spiro atoms. The summed E-state index contributed by atoms with van der Waals surface area (Å²) in [5.74, 6) is 1.22. The lowest BCUT2D eigenvalue weighted by molar-refractivity contribution is 0.388. The molecule has 1 aromatic heterocycles. The highest BCUT2D eigenvalue weighted by atomic mass is 79.9. The third-order valence-electron chi connectivity index (χ3n) is 3.97. The zero-order valence-corrected chi connectivity index (χ0v) is 11.6. The molecule has 1 heterocycles. The third kappa shape index (κ3) is 2.07. The van der Waals surface area contributed by atoms with Crippen LogP contribution < -0.4 is 4.90 Å². The van der Waals surface area contributed by atoms with E-state index in [9.17, 15) is 0 Å². The fraction of sp³-hybridized carbons (Fsp3) is 0.692. The first-order chi connectivity index (χ1) is 8.40. The molecule has 0 aliphatic heterocycles. The Morgan fingerprint density at radius 3 is 2.82 bits per heavy atom. The molecule has 2 aliphatic carbocycles. The minimum atomic E-state index is 0.715. The number of alkyl halides is 1. The number of rotatable bonds is 4. The number of nitrogens with zero attached hydrogens (tertiary/aromatic N) is 3. The van der Waals surface area contributed by atoms with Gasteiger partial charge in [0.25, 0.3) is 0 Å². The molecule has 0 amide bonds. The summed E-state index contributed by atoms with van der Waals surface area (Å²) in [6.07, 6.45) is 9.32. The summed E-state index contributed by atoms with van der Waals surface area (Å²) in [6, 6.07) is 0.715. The van der Waals surface area contributed by atoms with E-state index < -0.39 is 0 Å². The number of hydrogen-bond acceptors (Lipinski definition) is 3. The van der Waals surface area contributed by atoms with Gasteiger partial charge in [0.05, 0.1) is 0 Å². The van der Waals surface area contributed by atoms with Gasteiger partial charge in [0.15, 0.2) is 0 Å². The van der Waals surface area contributed by atoms with Crippen LogP contribution in [0.25, 0.3) is 0 Å². The molecule has 1 aromatic rings. The number of halogens is 1. The van der Waals surface area contributed by atoms with Gasteiger partial charge in [-0.05, 0) is 38.5 Å². The first-order valence-electron chi connectivity index (χ1n) is 6.55. The van der Waals surface area contributed by atoms with Crippen molar-refractivity contribution < 1.29 is 0 Å². The SMILES string of the molecule is BrCCN(c1ncnc2c1CCC2)C1CCC1. The minimum absolute atomic E-state index is 0.715. The Kier molecular flexibility index (Phi) is 3.32. The molecule has 4 heteroatoms. The number of aromatic nitrogens is 2. The summed E-state index contributed by atoms with van der Waals surface area (Å²) in [7, 11) is 0. The average Bonchev–Trinajstić information content (AvgIpc) is 2.73. The van der Waals surface area contributed by atoms with E-state index >= 15 is 0 Å². The third-order valence-corrected chi connectivity index (χ3v) is 4.32. The average molecular weight is 296 g/mol. The lowest BCUT2D eigenvalue weighted by Crippen LogP contribution is -2.42. The summed E-state index contributed by atoms with van der Waals surface area (Å²) < 4.78 is 0. The molecular weight excluding hydrogens is 278 g/mol. The van der Waals surface area contributed by atoms with Crippen molar-refractivity contribution in [3.05, 3.63) is 17.6 Å². The van der Waals surface area contributed by atoms with E-state index in [1.165, 1.54) is 42.8 Å². The van der Waals surface area contributed by atoms with Crippen LogP contribution in [-0.2, 0) is 12.8 Å². The van der Waals surface area contributed by atoms with Crippen LogP contribution in [-0.4, -0.2) is 27.9 Å². The normalized spacial score (nSPS) is 18.9. The first-order valence-corrected chi connectivity index (χ1v) is 7.67. The lowest BCUT2D eigenvalue weighted by Gasteiger charge is -2.39. The maximum absolute atomic E-state index is 4.57. The first kappa shape index (κ1) is 11.5. The maximum atomic E-state index is 4.57. The van der Waals surface area contributed by atoms with Crippen molar-refractivity contribution in [1.29, 1.82) is 0 Å². The molecule has 0 atom stereocenters. The molecule has 17 heavy (non-hydrogen) atoms. The van der Waals surface area contributed by atoms with E-state index in [1.807, 2.05) is 0 Å². The van der Waals surface area contributed by atoms with Gasteiger partial charge in [0, 0.05) is 29.2 Å². The van der Waals surface area contributed by atoms with Crippen molar-refractivity contribution in [3.63, 3.8) is 0 Å². The summed E-state index contributed by atoms with van der Waals surface area (Å²) in [5, 5.41) is 1.02. The number of anilines is 1. The molecule has 0 bridgehead atoms. The zero-order valence-electron chi connectivity index (χ0n) is 10.0. The van der Waals surface area contributed by atoms with Gasteiger partial charge in [-0.1, -0.05) is 15.9 Å². The second-order valence-electron chi connectivity index (χ2n) is 4.94. The minimum Gasteiger partial charge on any atom is -0.352 e. The van der Waals surface area contributed by atoms with E-state index in [0.717, 1.165) is 24.7 Å². The molecule has 3 rings (SSSR count). The smallest absolute Gasteiger partial charge is 0.135 e. The van der Waals surface area contributed by atoms with Crippen LogP contribution in [0, 0.1) is 0 Å². The van der Waals surface area contributed by atoms with Gasteiger partial charge < -0.3 is 4.90 Å². The molecule has 0 aromatic carbocycles. The number of fused-ring (bicyclic) bond motifs is 1. The quantitative estimate of drug-likeness (QED) is 0.800. The highest BCUT2D eigenvalue weighted by Gasteiger charge is 2.29. The van der Waals surface area contributed by atoms with Crippen LogP contribution in [0.2, 0.25) is 0 Å². The predicted octanol–water partition coefficient (Wildman–Crippen LogP) is 2.72. The lowest BCUT2D eigenvalue weighted by atomic mass is 9.91. The Morgan fingerprint density at radius 2 is 2.12 bits per heavy atom. The molecule has 0 unspecified atom stereocenters. The van der Waals surface area contributed by atoms with E-state index in [4.69, 9.17) is 0 Å². The summed E-state index contributed by atoms with van der Waals surface area (Å²) in [6.45, 7) is 1.06. The number of hydrogen-bond donors (Lipinski definition) is 0. The van der Waals surface area contributed by atoms with Gasteiger partial charge in [-0.2, -0.15) is 0 Å². The van der Waals surface area contributed by atoms with Gasteiger partial charge in [-0.25, -0.2) is 9.97 Å². The van der Waals surface area contributed by atoms with Crippen molar-refractivity contribution in [2.45, 2.75) is 44.6 Å². The van der Waals surface area contributed by atoms with Crippen LogP contribution in [0.1, 0.15) is 36.9 Å². The molecule has 0 saturated heterocycles. The van der Waals surface area contributed by atoms with Crippen LogP contribution >= 0.6 is 15.9 Å². The zero-order chi connectivity index (χ0) is 11.7. The highest BCUT2D eigenvalue weighted by Crippen LogP contribution is 2.33. The largest absolute Gasteiger partial charge is 0.352 e. The Labute approximate surface area is 111 Å². The topological polar surface area (TPSA) is 29.0 Å². The van der Waals surface area contributed by atoms with Crippen molar-refractivity contribution in [2.75, 3.05) is 16.8 Å². The fourth-order valence-electron chi connectivity index (χ4n) is 2.84. The van der Waals surface area contributed by atoms with Crippen molar-refractivity contribution in [1.82, 2.24) is 9.97 Å². The predicted molar refractivity (Wildman–Crippen MR) is 72.8 cm³/mol. The van der Waals surface area contributed by atoms with Gasteiger partial charge >= 0.3 is 0 Å². The van der Waals surface area contributed by atoms with Crippen molar-refractivity contribution >= 4 is 21.7 Å². The second-order valence-corrected chi connectivity index (χ2v) is 5.74. The molecule has 2 aliphatic rings. The number of aryl methyl sites for hydroxylation is 1. The van der Waals surface area contributed by atoms with Gasteiger partial charge in [-0.15, -0.1) is 0 Å². The summed E-state index contributed by atoms with van der Waals surface area (Å²) >= 11 is 3.56. The fourth-order valence-corrected chi connectivity index (χ4v) is 3.22. The summed E-state index contributed by atoms with van der Waals surface area (Å²) in [5.41, 5.74) is 2.70. The molecule has 3 nitrogen and oxygen atoms in total. The van der Waals surface area contributed by atoms with Crippen LogP contribution in [0.3, 0.4) is 0 Å². The van der Waals surface area contributed by atoms with Crippen molar-refractivity contribution in [2.24, 2.45) is 0 Å². The summed E-state index contributed by atoms with van der Waals surface area (Å²) in [4.78, 5) is 11.5. The van der Waals surface area contributed by atoms with Crippen LogP contribution in [0.5, 0.6) is 0 Å². The van der Waals surface area contributed by atoms with Crippen LogP contribution in [0.15, 0.2) is 6.33 Å². The molecule has 0 radical (unpaired) electrons. The van der Waals surface area contributed by atoms with Crippen molar-refractivity contribution in [3.8, 4) is 0 Å². The molecule has 1 fully saturated rings. The van der Waals surface area contributed by atoms with Gasteiger partial charge in [0.2, 0.25) is 0 Å². The Balaban J connectivity index is 1.92.